The zero-order chi connectivity index (χ0) is 23.6. The lowest BCUT2D eigenvalue weighted by molar-refractivity contribution is 0.0930. The van der Waals surface area contributed by atoms with Gasteiger partial charge < -0.3 is 9.47 Å². The molecule has 0 bridgehead atoms. The molecule has 7 nitrogen and oxygen atoms in total. The third kappa shape index (κ3) is 7.33. The van der Waals surface area contributed by atoms with Gasteiger partial charge in [0.1, 0.15) is 18.1 Å². The monoisotopic (exact) mass is 463 g/mol. The number of para-hydroxylation sites is 1. The molecule has 3 rings (SSSR count). The molecule has 0 unspecified atom stereocenters. The van der Waals surface area contributed by atoms with Crippen molar-refractivity contribution in [2.75, 3.05) is 0 Å². The number of carbonyl (C=O) groups is 2. The fourth-order valence-electron chi connectivity index (χ4n) is 2.89. The van der Waals surface area contributed by atoms with E-state index in [4.69, 9.17) is 21.7 Å². The summed E-state index contributed by atoms with van der Waals surface area (Å²) < 4.78 is 11.4. The Bertz CT molecular complexity index is 1120. The molecule has 0 aromatic heterocycles. The van der Waals surface area contributed by atoms with Gasteiger partial charge in [0.25, 0.3) is 11.8 Å². The number of hydrogen-bond acceptors (Lipinski definition) is 5. The van der Waals surface area contributed by atoms with Gasteiger partial charge in [-0.05, 0) is 62.0 Å². The van der Waals surface area contributed by atoms with Crippen molar-refractivity contribution in [3.05, 3.63) is 95.6 Å². The van der Waals surface area contributed by atoms with Crippen molar-refractivity contribution < 1.29 is 19.1 Å². The van der Waals surface area contributed by atoms with Gasteiger partial charge in [0.2, 0.25) is 0 Å². The highest BCUT2D eigenvalue weighted by Crippen LogP contribution is 2.19. The number of hydrogen-bond donors (Lipinski definition) is 3. The lowest BCUT2D eigenvalue weighted by Crippen LogP contribution is -2.48. The van der Waals surface area contributed by atoms with Crippen molar-refractivity contribution in [3.63, 3.8) is 0 Å². The number of amides is 2. The molecular weight excluding hydrogens is 438 g/mol. The first kappa shape index (κ1) is 23.7. The largest absolute Gasteiger partial charge is 0.491 e. The van der Waals surface area contributed by atoms with E-state index in [2.05, 4.69) is 16.2 Å². The van der Waals surface area contributed by atoms with Crippen LogP contribution >= 0.6 is 12.2 Å². The van der Waals surface area contributed by atoms with Crippen LogP contribution in [0.4, 0.5) is 0 Å². The van der Waals surface area contributed by atoms with Gasteiger partial charge >= 0.3 is 0 Å². The summed E-state index contributed by atoms with van der Waals surface area (Å²) in [5.41, 5.74) is 6.71. The Balaban J connectivity index is 1.54. The Morgan fingerprint density at radius 1 is 0.879 bits per heavy atom. The molecular formula is C25H25N3O4S. The van der Waals surface area contributed by atoms with Gasteiger partial charge in [-0.25, -0.2) is 0 Å². The summed E-state index contributed by atoms with van der Waals surface area (Å²) in [6.45, 7) is 4.13. The Hall–Kier alpha value is -3.91. The first-order chi connectivity index (χ1) is 15.9. The van der Waals surface area contributed by atoms with Gasteiger partial charge in [-0.2, -0.15) is 0 Å². The predicted molar refractivity (Wildman–Crippen MR) is 130 cm³/mol. The molecule has 3 aromatic carbocycles. The van der Waals surface area contributed by atoms with Crippen LogP contribution in [-0.4, -0.2) is 23.0 Å². The summed E-state index contributed by atoms with van der Waals surface area (Å²) in [6, 6.07) is 23.3. The van der Waals surface area contributed by atoms with Gasteiger partial charge in [0.15, 0.2) is 5.11 Å². The molecule has 0 aliphatic carbocycles. The van der Waals surface area contributed by atoms with Crippen LogP contribution in [0.2, 0.25) is 0 Å². The molecule has 0 saturated carbocycles. The first-order valence-corrected chi connectivity index (χ1v) is 10.8. The van der Waals surface area contributed by atoms with E-state index in [1.54, 1.807) is 48.5 Å². The Morgan fingerprint density at radius 3 is 2.36 bits per heavy atom. The van der Waals surface area contributed by atoms with Gasteiger partial charge in [-0.1, -0.05) is 48.5 Å². The Morgan fingerprint density at radius 2 is 1.61 bits per heavy atom. The van der Waals surface area contributed by atoms with Crippen LogP contribution in [0.3, 0.4) is 0 Å². The van der Waals surface area contributed by atoms with E-state index in [0.29, 0.717) is 29.2 Å². The maximum Gasteiger partial charge on any atom is 0.273 e. The number of benzene rings is 3. The van der Waals surface area contributed by atoms with Gasteiger partial charge in [-0.15, -0.1) is 0 Å². The van der Waals surface area contributed by atoms with E-state index in [9.17, 15) is 9.59 Å². The second-order valence-electron chi connectivity index (χ2n) is 7.33. The molecule has 0 atom stereocenters. The van der Waals surface area contributed by atoms with Crippen LogP contribution in [0.15, 0.2) is 78.9 Å². The number of thiocarbonyl (C=S) groups is 1. The number of nitrogens with one attached hydrogen (secondary N) is 3. The van der Waals surface area contributed by atoms with Crippen molar-refractivity contribution in [1.82, 2.24) is 16.2 Å². The molecule has 0 spiro atoms. The van der Waals surface area contributed by atoms with Gasteiger partial charge in [0, 0.05) is 5.56 Å². The van der Waals surface area contributed by atoms with Gasteiger partial charge in [-0.3, -0.25) is 25.8 Å². The van der Waals surface area contributed by atoms with Crippen LogP contribution < -0.4 is 25.6 Å². The standard InChI is InChI=1S/C25H25N3O4S/c1-17(2)32-20-12-8-11-19(15-20)23(29)26-25(33)28-27-24(30)21-13-6-7-14-22(21)31-16-18-9-4-3-5-10-18/h3-15,17H,16H2,1-2H3,(H,27,30)(H2,26,28,29,33). The minimum Gasteiger partial charge on any atom is -0.491 e. The summed E-state index contributed by atoms with van der Waals surface area (Å²) >= 11 is 5.13. The summed E-state index contributed by atoms with van der Waals surface area (Å²) in [6.07, 6.45) is -0.0131. The lowest BCUT2D eigenvalue weighted by atomic mass is 10.2. The molecule has 0 aliphatic heterocycles. The first-order valence-electron chi connectivity index (χ1n) is 10.4. The third-order valence-corrected chi connectivity index (χ3v) is 4.56. The predicted octanol–water partition coefficient (Wildman–Crippen LogP) is 4.00. The smallest absolute Gasteiger partial charge is 0.273 e. The molecule has 8 heteroatoms. The molecule has 3 N–H and O–H groups in total. The van der Waals surface area contributed by atoms with Gasteiger partial charge in [0.05, 0.1) is 11.7 Å². The van der Waals surface area contributed by atoms with Crippen LogP contribution in [0, 0.1) is 0 Å². The zero-order valence-electron chi connectivity index (χ0n) is 18.3. The zero-order valence-corrected chi connectivity index (χ0v) is 19.1. The highest BCUT2D eigenvalue weighted by atomic mass is 32.1. The second-order valence-corrected chi connectivity index (χ2v) is 7.74. The minimum absolute atomic E-state index is 0.0131. The van der Waals surface area contributed by atoms with Crippen molar-refractivity contribution in [1.29, 1.82) is 0 Å². The molecule has 3 aromatic rings. The normalized spacial score (nSPS) is 10.3. The summed E-state index contributed by atoms with van der Waals surface area (Å²) in [4.78, 5) is 25.1. The number of rotatable bonds is 7. The lowest BCUT2D eigenvalue weighted by Gasteiger charge is -2.14. The average molecular weight is 464 g/mol. The highest BCUT2D eigenvalue weighted by molar-refractivity contribution is 7.80. The number of hydrazine groups is 1. The summed E-state index contributed by atoms with van der Waals surface area (Å²) in [5.74, 6) is 0.125. The van der Waals surface area contributed by atoms with Crippen molar-refractivity contribution in [2.24, 2.45) is 0 Å². The molecule has 2 amide bonds. The maximum atomic E-state index is 12.6. The second kappa shape index (κ2) is 11.6. The molecule has 0 radical (unpaired) electrons. The van der Waals surface area contributed by atoms with Crippen LogP contribution in [0.5, 0.6) is 11.5 Å². The van der Waals surface area contributed by atoms with E-state index >= 15 is 0 Å². The molecule has 0 heterocycles. The quantitative estimate of drug-likeness (QED) is 0.363. The Labute approximate surface area is 198 Å². The van der Waals surface area contributed by atoms with E-state index in [1.165, 1.54) is 0 Å². The molecule has 170 valence electrons. The minimum atomic E-state index is -0.456. The molecule has 0 saturated heterocycles. The van der Waals surface area contributed by atoms with E-state index in [1.807, 2.05) is 44.2 Å². The fourth-order valence-corrected chi connectivity index (χ4v) is 3.03. The highest BCUT2D eigenvalue weighted by Gasteiger charge is 2.14. The van der Waals surface area contributed by atoms with Crippen LogP contribution in [0.1, 0.15) is 40.1 Å². The molecule has 0 aliphatic rings. The fraction of sp³-hybridized carbons (Fsp3) is 0.160. The summed E-state index contributed by atoms with van der Waals surface area (Å²) in [5, 5.41) is 2.47. The van der Waals surface area contributed by atoms with Crippen LogP contribution in [-0.2, 0) is 6.61 Å². The van der Waals surface area contributed by atoms with Crippen molar-refractivity contribution in [2.45, 2.75) is 26.6 Å². The topological polar surface area (TPSA) is 88.7 Å². The SMILES string of the molecule is CC(C)Oc1cccc(C(=O)NC(=S)NNC(=O)c2ccccc2OCc2ccccc2)c1. The Kier molecular flexibility index (Phi) is 8.37. The molecule has 0 fully saturated rings. The van der Waals surface area contributed by atoms with Crippen molar-refractivity contribution >= 4 is 29.1 Å². The summed E-state index contributed by atoms with van der Waals surface area (Å²) in [7, 11) is 0. The van der Waals surface area contributed by atoms with E-state index < -0.39 is 11.8 Å². The average Bonchev–Trinajstić information content (AvgIpc) is 2.82. The number of ether oxygens (including phenoxy) is 2. The number of carbonyl (C=O) groups excluding carboxylic acids is 2. The van der Waals surface area contributed by atoms with Crippen molar-refractivity contribution in [3.8, 4) is 11.5 Å². The maximum absolute atomic E-state index is 12.6. The third-order valence-electron chi connectivity index (χ3n) is 4.35. The molecule has 33 heavy (non-hydrogen) atoms. The van der Waals surface area contributed by atoms with E-state index in [0.717, 1.165) is 5.56 Å². The van der Waals surface area contributed by atoms with E-state index in [-0.39, 0.29) is 11.2 Å². The van der Waals surface area contributed by atoms with Crippen LogP contribution in [0.25, 0.3) is 0 Å².